The van der Waals surface area contributed by atoms with Crippen molar-refractivity contribution in [2.45, 2.75) is 237 Å². The Labute approximate surface area is 615 Å². The molecule has 3 aliphatic heterocycles. The zero-order chi connectivity index (χ0) is 77.4. The maximum atomic E-state index is 14.7. The number of nitrogens with one attached hydrogen (secondary N) is 4. The van der Waals surface area contributed by atoms with Crippen molar-refractivity contribution in [2.24, 2.45) is 58.8 Å². The molecule has 5 rings (SSSR count). The Morgan fingerprint density at radius 1 is 0.654 bits per heavy atom. The standard InChI is InChI=1S/C77H123N9O18/c1-15-46(8)68(85(12)76(99)54(44(4)5)38-59(90)67(45(6)7)84(10)11)60(101-13)40-66(92)86-32-20-24-56(86)73(102-14)47(9)57(88)35-51(33-49-21-17-16-18-22-49)74(97)80-31-29-48-25-27-50(28-26-48)34-58(89)55(23-19-30-81-77(79)100)83-75(98)53(43(2)3)36-52(87)37-61-69(93)72(96)64(104-61)42-82-65(91)39-62-70(94)71(95)63(41-78)103-62/h16-18,21-22,25-28,43-47,51,53-56,60-64,67-73,93-96H,15,19-20,23-24,29-42,78H2,1-14H3,(H,80,97)(H,82,91)(H,83,98)(H3,79,81,100)/t46-,47?,51+,53+,54-,55+,56?,60?,61-,62-,63+,64+,67?,68?,69?,70-,71+,72?,73?/m0/s1. The van der Waals surface area contributed by atoms with Crippen LogP contribution in [0.15, 0.2) is 54.6 Å². The van der Waals surface area contributed by atoms with Crippen molar-refractivity contribution < 1.29 is 87.3 Å². The van der Waals surface area contributed by atoms with E-state index in [0.29, 0.717) is 37.8 Å². The van der Waals surface area contributed by atoms with E-state index in [1.807, 2.05) is 103 Å². The topological polar surface area (TPSA) is 398 Å². The third-order valence-corrected chi connectivity index (χ3v) is 21.4. The maximum Gasteiger partial charge on any atom is 0.312 e. The molecule has 2 aromatic carbocycles. The van der Waals surface area contributed by atoms with Crippen molar-refractivity contribution in [3.63, 3.8) is 0 Å². The lowest BCUT2D eigenvalue weighted by molar-refractivity contribution is -0.149. The van der Waals surface area contributed by atoms with Crippen LogP contribution in [0.25, 0.3) is 0 Å². The van der Waals surface area contributed by atoms with E-state index in [2.05, 4.69) is 21.3 Å². The largest absolute Gasteiger partial charge is 0.388 e. The summed E-state index contributed by atoms with van der Waals surface area (Å²) >= 11 is 0. The molecule has 584 valence electrons. The molecule has 8 unspecified atom stereocenters. The number of ether oxygens (including phenoxy) is 4. The lowest BCUT2D eigenvalue weighted by atomic mass is 9.83. The highest BCUT2D eigenvalue weighted by atomic mass is 16.6. The number of aliphatic hydroxyl groups excluding tert-OH is 4. The van der Waals surface area contributed by atoms with Crippen LogP contribution in [-0.2, 0) is 81.4 Å². The number of carbonyl (C=O) groups is 10. The van der Waals surface area contributed by atoms with Gasteiger partial charge in [0.2, 0.25) is 29.5 Å². The van der Waals surface area contributed by atoms with Gasteiger partial charge in [0.15, 0.2) is 11.6 Å². The van der Waals surface area contributed by atoms with Gasteiger partial charge in [0.05, 0.1) is 67.5 Å². The van der Waals surface area contributed by atoms with Gasteiger partial charge < -0.3 is 81.9 Å². The number of likely N-dealkylation sites (tertiary alicyclic amines) is 1. The zero-order valence-electron chi connectivity index (χ0n) is 63.8. The summed E-state index contributed by atoms with van der Waals surface area (Å²) in [4.78, 5) is 143. The molecule has 2 aromatic rings. The molecule has 0 saturated carbocycles. The molecule has 104 heavy (non-hydrogen) atoms. The van der Waals surface area contributed by atoms with Crippen LogP contribution in [0.4, 0.5) is 4.79 Å². The van der Waals surface area contributed by atoms with E-state index in [-0.39, 0.29) is 149 Å². The van der Waals surface area contributed by atoms with Crippen LogP contribution in [0, 0.1) is 47.3 Å². The van der Waals surface area contributed by atoms with Crippen LogP contribution < -0.4 is 32.7 Å². The van der Waals surface area contributed by atoms with Crippen LogP contribution in [0.3, 0.4) is 0 Å². The third kappa shape index (κ3) is 25.2. The van der Waals surface area contributed by atoms with Gasteiger partial charge in [0, 0.05) is 110 Å². The fourth-order valence-corrected chi connectivity index (χ4v) is 15.1. The van der Waals surface area contributed by atoms with Crippen molar-refractivity contribution in [2.75, 3.05) is 68.1 Å². The smallest absolute Gasteiger partial charge is 0.312 e. The van der Waals surface area contributed by atoms with Crippen molar-refractivity contribution in [3.8, 4) is 0 Å². The molecule has 19 atom stereocenters. The fraction of sp³-hybridized carbons (Fsp3) is 0.714. The van der Waals surface area contributed by atoms with Gasteiger partial charge in [-0.3, -0.25) is 48.1 Å². The lowest BCUT2D eigenvalue weighted by Crippen LogP contribution is -2.54. The number of hydrogen-bond donors (Lipinski definition) is 10. The second-order valence-corrected chi connectivity index (χ2v) is 30.2. The average Bonchev–Trinajstić information content (AvgIpc) is 0.993. The Kier molecular flexibility index (Phi) is 36.1. The van der Waals surface area contributed by atoms with E-state index in [9.17, 15) is 68.4 Å². The number of nitrogens with two attached hydrogens (primary N) is 2. The minimum Gasteiger partial charge on any atom is -0.388 e. The number of carbonyl (C=O) groups excluding carboxylic acids is 10. The van der Waals surface area contributed by atoms with E-state index < -0.39 is 132 Å². The Morgan fingerprint density at radius 2 is 1.26 bits per heavy atom. The summed E-state index contributed by atoms with van der Waals surface area (Å²) in [7, 11) is 8.58. The quantitative estimate of drug-likeness (QED) is 0.0426. The van der Waals surface area contributed by atoms with Crippen molar-refractivity contribution in [3.05, 3.63) is 71.3 Å². The number of ketones is 4. The Morgan fingerprint density at radius 3 is 1.83 bits per heavy atom. The maximum absolute atomic E-state index is 14.7. The molecule has 0 aliphatic carbocycles. The Balaban J connectivity index is 1.19. The highest BCUT2D eigenvalue weighted by Gasteiger charge is 2.47. The first-order chi connectivity index (χ1) is 49.2. The predicted octanol–water partition coefficient (Wildman–Crippen LogP) is 3.01. The molecule has 0 aromatic heterocycles. The summed E-state index contributed by atoms with van der Waals surface area (Å²) in [5, 5.41) is 53.0. The number of hydrogen-bond acceptors (Lipinski definition) is 20. The highest BCUT2D eigenvalue weighted by molar-refractivity contribution is 5.93. The van der Waals surface area contributed by atoms with Crippen LogP contribution in [-0.4, -0.2) is 247 Å². The van der Waals surface area contributed by atoms with E-state index in [4.69, 9.17) is 30.4 Å². The zero-order valence-corrected chi connectivity index (χ0v) is 63.8. The number of methoxy groups -OCH3 is 2. The molecule has 3 heterocycles. The molecule has 3 saturated heterocycles. The van der Waals surface area contributed by atoms with Crippen molar-refractivity contribution in [1.82, 2.24) is 36.0 Å². The van der Waals surface area contributed by atoms with Crippen LogP contribution in [0.2, 0.25) is 0 Å². The Bertz CT molecular complexity index is 3100. The number of likely N-dealkylation sites (N-methyl/N-ethyl adjacent to an activating group) is 2. The monoisotopic (exact) mass is 1460 g/mol. The number of urea groups is 1. The molecule has 27 nitrogen and oxygen atoms in total. The summed E-state index contributed by atoms with van der Waals surface area (Å²) in [5.41, 5.74) is 13.2. The van der Waals surface area contributed by atoms with Gasteiger partial charge >= 0.3 is 6.03 Å². The molecule has 0 radical (unpaired) electrons. The predicted molar refractivity (Wildman–Crippen MR) is 391 cm³/mol. The number of rotatable bonds is 45. The number of aliphatic hydroxyl groups is 4. The van der Waals surface area contributed by atoms with Gasteiger partial charge in [-0.15, -0.1) is 0 Å². The van der Waals surface area contributed by atoms with Gasteiger partial charge in [-0.05, 0) is 93.0 Å². The van der Waals surface area contributed by atoms with Gasteiger partial charge in [0.1, 0.15) is 42.1 Å². The molecule has 0 bridgehead atoms. The number of Topliss-reactive ketones (excluding diaryl/α,β-unsaturated/α-hetero) is 4. The fourth-order valence-electron chi connectivity index (χ4n) is 15.1. The van der Waals surface area contributed by atoms with Crippen LogP contribution in [0.5, 0.6) is 0 Å². The van der Waals surface area contributed by atoms with Gasteiger partial charge in [-0.25, -0.2) is 4.79 Å². The summed E-state index contributed by atoms with van der Waals surface area (Å²) in [6.07, 6.45) is -9.24. The molecular weight excluding hydrogens is 1340 g/mol. The van der Waals surface area contributed by atoms with E-state index in [0.717, 1.165) is 11.1 Å². The molecule has 0 spiro atoms. The minimum atomic E-state index is -1.51. The normalized spacial score (nSPS) is 23.3. The van der Waals surface area contributed by atoms with E-state index in [1.54, 1.807) is 56.9 Å². The molecule has 3 aliphatic rings. The number of amides is 7. The summed E-state index contributed by atoms with van der Waals surface area (Å²) in [6, 6.07) is 13.6. The number of benzene rings is 2. The molecular formula is C77H123N9O18. The molecule has 3 fully saturated rings. The SMILES string of the molecule is CC[C@H](C)C(C(CC(=O)N1CCCC1C(OC)C(C)C(=O)C[C@@H](Cc1ccccc1)C(=O)NCCc1ccc(CC(=O)[C@@H](CCCNC(N)=O)NC(=O)[C@H](CC(=O)C[C@@H]2O[C@H](CNC(=O)C[C@@H]3O[C@H](CN)[C@@H](O)[C@H]3O)C(O)C2O)C(C)C)cc1)OC)N(C)C(=O)[C@@H](CC(=O)C(C(C)C)N(C)C)C(C)C. The van der Waals surface area contributed by atoms with E-state index in [1.165, 1.54) is 7.11 Å². The van der Waals surface area contributed by atoms with E-state index >= 15 is 0 Å². The summed E-state index contributed by atoms with van der Waals surface area (Å²) in [6.45, 7) is 17.7. The summed E-state index contributed by atoms with van der Waals surface area (Å²) in [5.74, 6) is -6.35. The van der Waals surface area contributed by atoms with Gasteiger partial charge in [-0.1, -0.05) is 123 Å². The van der Waals surface area contributed by atoms with Crippen molar-refractivity contribution in [1.29, 1.82) is 0 Å². The first-order valence-corrected chi connectivity index (χ1v) is 37.3. The van der Waals surface area contributed by atoms with Crippen molar-refractivity contribution >= 4 is 58.7 Å². The first-order valence-electron chi connectivity index (χ1n) is 37.3. The van der Waals surface area contributed by atoms with Crippen LogP contribution in [0.1, 0.15) is 150 Å². The Hall–Kier alpha value is -6.66. The van der Waals surface area contributed by atoms with Gasteiger partial charge in [-0.2, -0.15) is 0 Å². The molecule has 7 amide bonds. The van der Waals surface area contributed by atoms with Gasteiger partial charge in [0.25, 0.3) is 0 Å². The average molecular weight is 1460 g/mol. The first kappa shape index (κ1) is 88.0. The van der Waals surface area contributed by atoms with Crippen LogP contribution >= 0.6 is 0 Å². The highest BCUT2D eigenvalue weighted by Crippen LogP contribution is 2.34. The second kappa shape index (κ2) is 42.6. The number of primary amides is 1. The second-order valence-electron chi connectivity index (χ2n) is 30.2. The lowest BCUT2D eigenvalue weighted by Gasteiger charge is -2.41. The minimum absolute atomic E-state index is 0.00799. The number of nitrogens with zero attached hydrogens (tertiary/aromatic N) is 3. The third-order valence-electron chi connectivity index (χ3n) is 21.4. The molecule has 27 heteroatoms. The summed E-state index contributed by atoms with van der Waals surface area (Å²) < 4.78 is 23.6. The molecule has 12 N–H and O–H groups in total.